The Balaban J connectivity index is 2.17. The molecule has 1 aromatic heterocycles. The fraction of sp³-hybridized carbons (Fsp3) is 0.500. The Morgan fingerprint density at radius 3 is 2.61 bits per heavy atom. The van der Waals surface area contributed by atoms with Crippen molar-refractivity contribution in [1.82, 2.24) is 4.90 Å². The Morgan fingerprint density at radius 2 is 2.17 bits per heavy atom. The number of halogens is 2. The van der Waals surface area contributed by atoms with Crippen LogP contribution in [-0.2, 0) is 9.84 Å². The number of hydrogen-bond donors (Lipinski definition) is 0. The molecule has 2 rings (SSSR count). The zero-order valence-corrected chi connectivity index (χ0v) is 12.7. The van der Waals surface area contributed by atoms with Gasteiger partial charge in [0.05, 0.1) is 21.4 Å². The van der Waals surface area contributed by atoms with Crippen molar-refractivity contribution in [2.24, 2.45) is 0 Å². The van der Waals surface area contributed by atoms with Crippen LogP contribution in [-0.4, -0.2) is 43.8 Å². The maximum atomic E-state index is 12.2. The third-order valence-corrected chi connectivity index (χ3v) is 6.20. The highest BCUT2D eigenvalue weighted by Gasteiger charge is 2.33. The second-order valence-electron chi connectivity index (χ2n) is 4.21. The van der Waals surface area contributed by atoms with E-state index in [0.29, 0.717) is 20.7 Å². The van der Waals surface area contributed by atoms with Crippen molar-refractivity contribution < 1.29 is 13.2 Å². The van der Waals surface area contributed by atoms with Crippen molar-refractivity contribution in [2.45, 2.75) is 12.5 Å². The summed E-state index contributed by atoms with van der Waals surface area (Å²) in [5, 5.41) is 0. The zero-order valence-electron chi connectivity index (χ0n) is 9.52. The highest BCUT2D eigenvalue weighted by Crippen LogP contribution is 2.32. The van der Waals surface area contributed by atoms with E-state index in [4.69, 9.17) is 23.2 Å². The standard InChI is InChI=1S/C10H11Cl2NO3S2/c1-13(6-2-3-18(15,16)5-6)10(14)7-4-8(11)17-9(7)12/h4,6H,2-3,5H2,1H3. The topological polar surface area (TPSA) is 54.5 Å². The smallest absolute Gasteiger partial charge is 0.256 e. The zero-order chi connectivity index (χ0) is 13.5. The van der Waals surface area contributed by atoms with Crippen molar-refractivity contribution in [1.29, 1.82) is 0 Å². The van der Waals surface area contributed by atoms with E-state index in [2.05, 4.69) is 0 Å². The molecule has 0 aromatic carbocycles. The van der Waals surface area contributed by atoms with E-state index in [1.165, 1.54) is 11.0 Å². The highest BCUT2D eigenvalue weighted by atomic mass is 35.5. The first-order valence-electron chi connectivity index (χ1n) is 5.22. The Hall–Kier alpha value is -0.300. The molecule has 100 valence electrons. The molecule has 0 spiro atoms. The minimum Gasteiger partial charge on any atom is -0.338 e. The quantitative estimate of drug-likeness (QED) is 0.837. The summed E-state index contributed by atoms with van der Waals surface area (Å²) in [6.07, 6.45) is 0.472. The normalized spacial score (nSPS) is 22.1. The molecule has 1 aliphatic rings. The number of sulfone groups is 1. The molecule has 1 atom stereocenters. The summed E-state index contributed by atoms with van der Waals surface area (Å²) in [7, 11) is -1.42. The summed E-state index contributed by atoms with van der Waals surface area (Å²) in [5.41, 5.74) is 0.332. The Kier molecular flexibility index (Phi) is 3.92. The van der Waals surface area contributed by atoms with Crippen molar-refractivity contribution in [3.63, 3.8) is 0 Å². The lowest BCUT2D eigenvalue weighted by Gasteiger charge is -2.23. The first-order chi connectivity index (χ1) is 8.30. The number of amides is 1. The van der Waals surface area contributed by atoms with Crippen molar-refractivity contribution >= 4 is 50.3 Å². The SMILES string of the molecule is CN(C(=O)c1cc(Cl)sc1Cl)C1CCS(=O)(=O)C1. The predicted octanol–water partition coefficient (Wildman–Crippen LogP) is 2.31. The molecule has 0 saturated carbocycles. The summed E-state index contributed by atoms with van der Waals surface area (Å²) >= 11 is 12.8. The van der Waals surface area contributed by atoms with Crippen LogP contribution in [0.3, 0.4) is 0 Å². The Labute approximate surface area is 119 Å². The molecule has 2 heterocycles. The second kappa shape index (κ2) is 5.00. The van der Waals surface area contributed by atoms with Gasteiger partial charge in [0.1, 0.15) is 4.34 Å². The van der Waals surface area contributed by atoms with Gasteiger partial charge in [-0.05, 0) is 12.5 Å². The molecule has 4 nitrogen and oxygen atoms in total. The lowest BCUT2D eigenvalue weighted by molar-refractivity contribution is 0.0748. The number of rotatable bonds is 2. The van der Waals surface area contributed by atoms with Crippen LogP contribution in [0.15, 0.2) is 6.07 Å². The molecular formula is C10H11Cl2NO3S2. The van der Waals surface area contributed by atoms with Crippen LogP contribution < -0.4 is 0 Å². The molecule has 1 aromatic rings. The van der Waals surface area contributed by atoms with E-state index >= 15 is 0 Å². The molecule has 0 aliphatic carbocycles. The predicted molar refractivity (Wildman–Crippen MR) is 73.5 cm³/mol. The van der Waals surface area contributed by atoms with Crippen LogP contribution in [0.25, 0.3) is 0 Å². The van der Waals surface area contributed by atoms with Crippen LogP contribution in [0, 0.1) is 0 Å². The molecule has 0 bridgehead atoms. The van der Waals surface area contributed by atoms with E-state index in [1.807, 2.05) is 0 Å². The van der Waals surface area contributed by atoms with Crippen LogP contribution >= 0.6 is 34.5 Å². The molecule has 1 saturated heterocycles. The van der Waals surface area contributed by atoms with Gasteiger partial charge in [-0.15, -0.1) is 11.3 Å². The van der Waals surface area contributed by atoms with E-state index < -0.39 is 9.84 Å². The van der Waals surface area contributed by atoms with Gasteiger partial charge in [0, 0.05) is 13.1 Å². The lowest BCUT2D eigenvalue weighted by atomic mass is 10.2. The van der Waals surface area contributed by atoms with Gasteiger partial charge >= 0.3 is 0 Å². The third kappa shape index (κ3) is 2.82. The molecular weight excluding hydrogens is 317 g/mol. The van der Waals surface area contributed by atoms with Crippen molar-refractivity contribution in [3.8, 4) is 0 Å². The van der Waals surface area contributed by atoms with Gasteiger partial charge in [-0.2, -0.15) is 0 Å². The molecule has 1 aliphatic heterocycles. The second-order valence-corrected chi connectivity index (χ2v) is 8.73. The van der Waals surface area contributed by atoms with Crippen LogP contribution in [0.4, 0.5) is 0 Å². The molecule has 1 unspecified atom stereocenters. The molecule has 1 amide bonds. The molecule has 0 N–H and O–H groups in total. The summed E-state index contributed by atoms with van der Waals surface area (Å²) in [5.74, 6) is -0.136. The Bertz CT molecular complexity index is 582. The van der Waals surface area contributed by atoms with Gasteiger partial charge in [-0.25, -0.2) is 8.42 Å². The van der Waals surface area contributed by atoms with Crippen molar-refractivity contribution in [2.75, 3.05) is 18.6 Å². The first-order valence-corrected chi connectivity index (χ1v) is 8.62. The summed E-state index contributed by atoms with van der Waals surface area (Å²) in [6, 6.07) is 1.23. The van der Waals surface area contributed by atoms with Gasteiger partial charge in [0.2, 0.25) is 0 Å². The molecule has 0 radical (unpaired) electrons. The van der Waals surface area contributed by atoms with Crippen LogP contribution in [0.2, 0.25) is 8.67 Å². The van der Waals surface area contributed by atoms with Crippen molar-refractivity contribution in [3.05, 3.63) is 20.3 Å². The third-order valence-electron chi connectivity index (χ3n) is 2.96. The van der Waals surface area contributed by atoms with Gasteiger partial charge in [-0.3, -0.25) is 4.79 Å². The molecule has 8 heteroatoms. The summed E-state index contributed by atoms with van der Waals surface area (Å²) < 4.78 is 23.6. The molecule has 18 heavy (non-hydrogen) atoms. The average Bonchev–Trinajstić information content (AvgIpc) is 2.79. The monoisotopic (exact) mass is 327 g/mol. The average molecular weight is 328 g/mol. The van der Waals surface area contributed by atoms with Gasteiger partial charge in [-0.1, -0.05) is 23.2 Å². The fourth-order valence-corrected chi connectivity index (χ4v) is 5.15. The Morgan fingerprint density at radius 1 is 1.50 bits per heavy atom. The van der Waals surface area contributed by atoms with Gasteiger partial charge in [0.15, 0.2) is 9.84 Å². The number of hydrogen-bond acceptors (Lipinski definition) is 4. The summed E-state index contributed by atoms with van der Waals surface area (Å²) in [4.78, 5) is 13.6. The lowest BCUT2D eigenvalue weighted by Crippen LogP contribution is -2.37. The van der Waals surface area contributed by atoms with E-state index in [9.17, 15) is 13.2 Å². The van der Waals surface area contributed by atoms with Crippen LogP contribution in [0.1, 0.15) is 16.8 Å². The number of nitrogens with zero attached hydrogens (tertiary/aromatic N) is 1. The van der Waals surface area contributed by atoms with Gasteiger partial charge in [0.25, 0.3) is 5.91 Å². The maximum Gasteiger partial charge on any atom is 0.256 e. The minimum absolute atomic E-state index is 0.0186. The fourth-order valence-electron chi connectivity index (χ4n) is 1.92. The van der Waals surface area contributed by atoms with Crippen LogP contribution in [0.5, 0.6) is 0 Å². The van der Waals surface area contributed by atoms with E-state index in [0.717, 1.165) is 11.3 Å². The number of carbonyl (C=O) groups is 1. The summed E-state index contributed by atoms with van der Waals surface area (Å²) in [6.45, 7) is 0. The largest absolute Gasteiger partial charge is 0.338 e. The van der Waals surface area contributed by atoms with E-state index in [1.54, 1.807) is 7.05 Å². The highest BCUT2D eigenvalue weighted by molar-refractivity contribution is 7.91. The minimum atomic E-state index is -3.01. The first kappa shape index (κ1) is 14.1. The van der Waals surface area contributed by atoms with E-state index in [-0.39, 0.29) is 23.5 Å². The van der Waals surface area contributed by atoms with Gasteiger partial charge < -0.3 is 4.90 Å². The number of carbonyl (C=O) groups excluding carboxylic acids is 1. The maximum absolute atomic E-state index is 12.2. The molecule has 1 fully saturated rings. The number of thiophene rings is 1.